The highest BCUT2D eigenvalue weighted by Crippen LogP contribution is 2.17. The van der Waals surface area contributed by atoms with Crippen LogP contribution < -0.4 is 5.73 Å². The molecule has 0 bridgehead atoms. The van der Waals surface area contributed by atoms with Crippen molar-refractivity contribution in [2.45, 2.75) is 13.3 Å². The summed E-state index contributed by atoms with van der Waals surface area (Å²) in [5.41, 5.74) is 8.29. The highest BCUT2D eigenvalue weighted by molar-refractivity contribution is 6.01. The highest BCUT2D eigenvalue weighted by atomic mass is 19.1. The van der Waals surface area contributed by atoms with Crippen molar-refractivity contribution in [2.24, 2.45) is 0 Å². The number of carbonyl (C=O) groups excluding carboxylic acids is 1. The Kier molecular flexibility index (Phi) is 3.42. The third kappa shape index (κ3) is 2.56. The van der Waals surface area contributed by atoms with Crippen LogP contribution in [0.3, 0.4) is 0 Å². The molecule has 0 radical (unpaired) electrons. The minimum Gasteiger partial charge on any atom is -0.398 e. The Labute approximate surface area is 105 Å². The lowest BCUT2D eigenvalue weighted by Crippen LogP contribution is -2.08. The van der Waals surface area contributed by atoms with Crippen molar-refractivity contribution in [3.63, 3.8) is 0 Å². The molecular formula is C15H14FNO. The smallest absolute Gasteiger partial charge is 0.169 e. The fraction of sp³-hybridized carbons (Fsp3) is 0.133. The first kappa shape index (κ1) is 12.3. The summed E-state index contributed by atoms with van der Waals surface area (Å²) < 4.78 is 13.1. The van der Waals surface area contributed by atoms with Crippen molar-refractivity contribution in [2.75, 3.05) is 5.73 Å². The zero-order valence-electron chi connectivity index (χ0n) is 10.1. The minimum atomic E-state index is -0.329. The number of halogens is 1. The van der Waals surface area contributed by atoms with E-state index in [1.165, 1.54) is 12.1 Å². The number of hydrogen-bond donors (Lipinski definition) is 1. The van der Waals surface area contributed by atoms with E-state index in [2.05, 4.69) is 0 Å². The van der Waals surface area contributed by atoms with Crippen LogP contribution in [0.5, 0.6) is 0 Å². The SMILES string of the molecule is Cc1ccc(F)cc1CC(=O)c1ccccc1N. The summed E-state index contributed by atoms with van der Waals surface area (Å²) in [6.07, 6.45) is 0.164. The van der Waals surface area contributed by atoms with Crippen molar-refractivity contribution >= 4 is 11.5 Å². The molecule has 2 N–H and O–H groups in total. The van der Waals surface area contributed by atoms with Gasteiger partial charge in [0.2, 0.25) is 0 Å². The molecule has 0 spiro atoms. The molecule has 92 valence electrons. The van der Waals surface area contributed by atoms with Crippen molar-refractivity contribution in [1.82, 2.24) is 0 Å². The average molecular weight is 243 g/mol. The van der Waals surface area contributed by atoms with E-state index in [0.717, 1.165) is 5.56 Å². The molecule has 0 unspecified atom stereocenters. The number of nitrogen functional groups attached to an aromatic ring is 1. The maximum Gasteiger partial charge on any atom is 0.169 e. The highest BCUT2D eigenvalue weighted by Gasteiger charge is 2.11. The predicted octanol–water partition coefficient (Wildman–Crippen LogP) is 3.14. The maximum absolute atomic E-state index is 13.1. The van der Waals surface area contributed by atoms with Gasteiger partial charge in [0.25, 0.3) is 0 Å². The molecule has 0 saturated heterocycles. The molecule has 0 saturated carbocycles. The third-order valence-corrected chi connectivity index (χ3v) is 2.92. The number of para-hydroxylation sites is 1. The van der Waals surface area contributed by atoms with Gasteiger partial charge in [0.05, 0.1) is 0 Å². The zero-order valence-corrected chi connectivity index (χ0v) is 10.1. The summed E-state index contributed by atoms with van der Waals surface area (Å²) in [4.78, 5) is 12.1. The molecule has 0 aliphatic heterocycles. The topological polar surface area (TPSA) is 43.1 Å². The van der Waals surface area contributed by atoms with Gasteiger partial charge in [-0.2, -0.15) is 0 Å². The Bertz CT molecular complexity index is 593. The van der Waals surface area contributed by atoms with Gasteiger partial charge in [0.1, 0.15) is 5.82 Å². The van der Waals surface area contributed by atoms with E-state index in [4.69, 9.17) is 5.73 Å². The fourth-order valence-corrected chi connectivity index (χ4v) is 1.85. The molecule has 0 amide bonds. The first-order valence-electron chi connectivity index (χ1n) is 5.70. The summed E-state index contributed by atoms with van der Waals surface area (Å²) in [7, 11) is 0. The molecule has 0 heterocycles. The lowest BCUT2D eigenvalue weighted by molar-refractivity contribution is 0.0993. The Morgan fingerprint density at radius 3 is 2.67 bits per heavy atom. The van der Waals surface area contributed by atoms with E-state index >= 15 is 0 Å². The van der Waals surface area contributed by atoms with Gasteiger partial charge < -0.3 is 5.73 Å². The van der Waals surface area contributed by atoms with Crippen LogP contribution in [-0.4, -0.2) is 5.78 Å². The maximum atomic E-state index is 13.1. The Morgan fingerprint density at radius 2 is 1.94 bits per heavy atom. The number of anilines is 1. The number of ketones is 1. The quantitative estimate of drug-likeness (QED) is 0.664. The van der Waals surface area contributed by atoms with Crippen LogP contribution >= 0.6 is 0 Å². The van der Waals surface area contributed by atoms with E-state index < -0.39 is 0 Å². The van der Waals surface area contributed by atoms with E-state index in [9.17, 15) is 9.18 Å². The summed E-state index contributed by atoms with van der Waals surface area (Å²) in [5.74, 6) is -0.425. The second kappa shape index (κ2) is 5.00. The van der Waals surface area contributed by atoms with Gasteiger partial charge in [-0.1, -0.05) is 18.2 Å². The Morgan fingerprint density at radius 1 is 1.22 bits per heavy atom. The Balaban J connectivity index is 2.27. The van der Waals surface area contributed by atoms with Crippen LogP contribution in [0.2, 0.25) is 0 Å². The molecule has 0 atom stereocenters. The molecule has 2 aromatic carbocycles. The number of Topliss-reactive ketones (excluding diaryl/α,β-unsaturated/α-hetero) is 1. The third-order valence-electron chi connectivity index (χ3n) is 2.92. The van der Waals surface area contributed by atoms with Gasteiger partial charge in [0, 0.05) is 17.7 Å². The summed E-state index contributed by atoms with van der Waals surface area (Å²) in [6.45, 7) is 1.86. The molecule has 0 aromatic heterocycles. The van der Waals surface area contributed by atoms with Gasteiger partial charge in [-0.05, 0) is 42.3 Å². The van der Waals surface area contributed by atoms with Crippen LogP contribution in [0, 0.1) is 12.7 Å². The largest absolute Gasteiger partial charge is 0.398 e. The van der Waals surface area contributed by atoms with Crippen molar-refractivity contribution in [3.05, 3.63) is 65.0 Å². The number of hydrogen-bond acceptors (Lipinski definition) is 2. The van der Waals surface area contributed by atoms with Crippen LogP contribution in [0.25, 0.3) is 0 Å². The van der Waals surface area contributed by atoms with Gasteiger partial charge in [-0.25, -0.2) is 4.39 Å². The summed E-state index contributed by atoms with van der Waals surface area (Å²) >= 11 is 0. The van der Waals surface area contributed by atoms with E-state index in [1.54, 1.807) is 30.3 Å². The first-order valence-corrected chi connectivity index (χ1v) is 5.70. The lowest BCUT2D eigenvalue weighted by atomic mass is 9.98. The number of rotatable bonds is 3. The van der Waals surface area contributed by atoms with Crippen molar-refractivity contribution < 1.29 is 9.18 Å². The Hall–Kier alpha value is -2.16. The molecule has 2 nitrogen and oxygen atoms in total. The number of carbonyl (C=O) groups is 1. The summed E-state index contributed by atoms with van der Waals surface area (Å²) in [6, 6.07) is 11.4. The monoisotopic (exact) mass is 243 g/mol. The molecule has 2 rings (SSSR count). The number of nitrogens with two attached hydrogens (primary N) is 1. The van der Waals surface area contributed by atoms with Gasteiger partial charge in [-0.15, -0.1) is 0 Å². The second-order valence-electron chi connectivity index (χ2n) is 4.26. The van der Waals surface area contributed by atoms with Gasteiger partial charge >= 0.3 is 0 Å². The molecule has 18 heavy (non-hydrogen) atoms. The minimum absolute atomic E-state index is 0.0956. The average Bonchev–Trinajstić information content (AvgIpc) is 2.34. The normalized spacial score (nSPS) is 10.3. The first-order chi connectivity index (χ1) is 8.58. The zero-order chi connectivity index (χ0) is 13.1. The van der Waals surface area contributed by atoms with E-state index in [1.807, 2.05) is 6.92 Å². The van der Waals surface area contributed by atoms with Gasteiger partial charge in [0.15, 0.2) is 5.78 Å². The fourth-order valence-electron chi connectivity index (χ4n) is 1.85. The molecule has 3 heteroatoms. The number of aryl methyl sites for hydroxylation is 1. The lowest BCUT2D eigenvalue weighted by Gasteiger charge is -2.07. The molecule has 0 aliphatic carbocycles. The van der Waals surface area contributed by atoms with Crippen LogP contribution in [0.15, 0.2) is 42.5 Å². The molecule has 0 fully saturated rings. The number of benzene rings is 2. The summed E-state index contributed by atoms with van der Waals surface area (Å²) in [5, 5.41) is 0. The second-order valence-corrected chi connectivity index (χ2v) is 4.26. The van der Waals surface area contributed by atoms with Gasteiger partial charge in [-0.3, -0.25) is 4.79 Å². The standard InChI is InChI=1S/C15H14FNO/c1-10-6-7-12(16)8-11(10)9-15(18)13-4-2-3-5-14(13)17/h2-8H,9,17H2,1H3. The predicted molar refractivity (Wildman–Crippen MR) is 70.0 cm³/mol. The van der Waals surface area contributed by atoms with Crippen LogP contribution in [-0.2, 0) is 6.42 Å². The van der Waals surface area contributed by atoms with Crippen LogP contribution in [0.4, 0.5) is 10.1 Å². The van der Waals surface area contributed by atoms with Crippen molar-refractivity contribution in [3.8, 4) is 0 Å². The molecular weight excluding hydrogens is 229 g/mol. The van der Waals surface area contributed by atoms with E-state index in [-0.39, 0.29) is 18.0 Å². The van der Waals surface area contributed by atoms with Crippen molar-refractivity contribution in [1.29, 1.82) is 0 Å². The molecule has 2 aromatic rings. The van der Waals surface area contributed by atoms with E-state index in [0.29, 0.717) is 16.8 Å². The molecule has 0 aliphatic rings. The van der Waals surface area contributed by atoms with Crippen LogP contribution in [0.1, 0.15) is 21.5 Å².